The molecule has 1 heterocycles. The molecule has 1 aromatic carbocycles. The Kier molecular flexibility index (Phi) is 2.79. The van der Waals surface area contributed by atoms with Gasteiger partial charge in [-0.15, -0.1) is 0 Å². The van der Waals surface area contributed by atoms with Gasteiger partial charge >= 0.3 is 5.63 Å². The number of hydrogen-bond acceptors (Lipinski definition) is 2. The van der Waals surface area contributed by atoms with Crippen LogP contribution in [0.3, 0.4) is 0 Å². The minimum atomic E-state index is -0.315. The SMILES string of the molecule is O=c1occcc1C=Cc1ccccc1. The quantitative estimate of drug-likeness (QED) is 0.742. The highest BCUT2D eigenvalue weighted by Gasteiger charge is 1.93. The summed E-state index contributed by atoms with van der Waals surface area (Å²) in [7, 11) is 0. The van der Waals surface area contributed by atoms with Crippen molar-refractivity contribution in [3.8, 4) is 0 Å². The van der Waals surface area contributed by atoms with E-state index in [2.05, 4.69) is 0 Å². The van der Waals surface area contributed by atoms with Crippen molar-refractivity contribution in [1.82, 2.24) is 0 Å². The first kappa shape index (κ1) is 9.46. The first-order chi connectivity index (χ1) is 7.36. The van der Waals surface area contributed by atoms with Crippen molar-refractivity contribution in [3.05, 3.63) is 70.3 Å². The Labute approximate surface area is 87.5 Å². The number of rotatable bonds is 2. The van der Waals surface area contributed by atoms with E-state index in [0.717, 1.165) is 5.56 Å². The fraction of sp³-hybridized carbons (Fsp3) is 0. The predicted molar refractivity (Wildman–Crippen MR) is 60.3 cm³/mol. The lowest BCUT2D eigenvalue weighted by molar-refractivity contribution is 0.509. The zero-order valence-electron chi connectivity index (χ0n) is 8.09. The molecule has 15 heavy (non-hydrogen) atoms. The lowest BCUT2D eigenvalue weighted by Crippen LogP contribution is -2.00. The normalized spacial score (nSPS) is 10.7. The molecular weight excluding hydrogens is 188 g/mol. The van der Waals surface area contributed by atoms with Crippen LogP contribution >= 0.6 is 0 Å². The van der Waals surface area contributed by atoms with Gasteiger partial charge in [0, 0.05) is 0 Å². The standard InChI is InChI=1S/C13H10O2/c14-13-12(7-4-10-15-13)9-8-11-5-2-1-3-6-11/h1-10H. The molecule has 0 N–H and O–H groups in total. The van der Waals surface area contributed by atoms with E-state index in [1.807, 2.05) is 36.4 Å². The fourth-order valence-corrected chi connectivity index (χ4v) is 1.25. The zero-order chi connectivity index (χ0) is 10.5. The average Bonchev–Trinajstić information content (AvgIpc) is 2.29. The maximum absolute atomic E-state index is 11.2. The average molecular weight is 198 g/mol. The van der Waals surface area contributed by atoms with Crippen molar-refractivity contribution >= 4 is 12.2 Å². The van der Waals surface area contributed by atoms with Gasteiger partial charge < -0.3 is 4.42 Å². The largest absolute Gasteiger partial charge is 0.431 e. The van der Waals surface area contributed by atoms with Crippen LogP contribution in [-0.4, -0.2) is 0 Å². The maximum atomic E-state index is 11.2. The van der Waals surface area contributed by atoms with Gasteiger partial charge in [-0.05, 0) is 23.8 Å². The molecule has 0 spiro atoms. The van der Waals surface area contributed by atoms with Crippen LogP contribution in [0.25, 0.3) is 12.2 Å². The van der Waals surface area contributed by atoms with Crippen molar-refractivity contribution in [2.45, 2.75) is 0 Å². The van der Waals surface area contributed by atoms with E-state index in [4.69, 9.17) is 4.42 Å². The molecular formula is C13H10O2. The molecule has 1 aromatic heterocycles. The minimum Gasteiger partial charge on any atom is -0.431 e. The maximum Gasteiger partial charge on any atom is 0.342 e. The van der Waals surface area contributed by atoms with Gasteiger partial charge in [0.05, 0.1) is 11.8 Å². The second-order valence-electron chi connectivity index (χ2n) is 3.10. The van der Waals surface area contributed by atoms with E-state index in [0.29, 0.717) is 5.56 Å². The number of benzene rings is 1. The topological polar surface area (TPSA) is 30.2 Å². The molecule has 0 aliphatic rings. The van der Waals surface area contributed by atoms with E-state index in [-0.39, 0.29) is 5.63 Å². The third kappa shape index (κ3) is 2.44. The van der Waals surface area contributed by atoms with Crippen LogP contribution in [-0.2, 0) is 0 Å². The van der Waals surface area contributed by atoms with Gasteiger partial charge in [0.2, 0.25) is 0 Å². The molecule has 74 valence electrons. The highest BCUT2D eigenvalue weighted by atomic mass is 16.4. The van der Waals surface area contributed by atoms with Crippen LogP contribution in [0.5, 0.6) is 0 Å². The molecule has 0 aliphatic heterocycles. The fourth-order valence-electron chi connectivity index (χ4n) is 1.25. The van der Waals surface area contributed by atoms with Crippen molar-refractivity contribution in [1.29, 1.82) is 0 Å². The van der Waals surface area contributed by atoms with Crippen LogP contribution in [0.1, 0.15) is 11.1 Å². The molecule has 2 aromatic rings. The lowest BCUT2D eigenvalue weighted by Gasteiger charge is -1.91. The Bertz CT molecular complexity index is 509. The second kappa shape index (κ2) is 4.42. The third-order valence-electron chi connectivity index (χ3n) is 2.02. The molecule has 0 atom stereocenters. The smallest absolute Gasteiger partial charge is 0.342 e. The molecule has 0 fully saturated rings. The Morgan fingerprint density at radius 2 is 1.73 bits per heavy atom. The Morgan fingerprint density at radius 1 is 0.933 bits per heavy atom. The molecule has 0 unspecified atom stereocenters. The van der Waals surface area contributed by atoms with Crippen LogP contribution in [0.2, 0.25) is 0 Å². The molecule has 0 bridgehead atoms. The van der Waals surface area contributed by atoms with Gasteiger partial charge in [-0.2, -0.15) is 0 Å². The summed E-state index contributed by atoms with van der Waals surface area (Å²) in [5.74, 6) is 0. The van der Waals surface area contributed by atoms with E-state index < -0.39 is 0 Å². The number of hydrogen-bond donors (Lipinski definition) is 0. The van der Waals surface area contributed by atoms with Crippen molar-refractivity contribution < 1.29 is 4.42 Å². The minimum absolute atomic E-state index is 0.315. The Hall–Kier alpha value is -2.09. The van der Waals surface area contributed by atoms with Crippen LogP contribution in [0.15, 0.2) is 57.9 Å². The van der Waals surface area contributed by atoms with Gasteiger partial charge in [0.15, 0.2) is 0 Å². The summed E-state index contributed by atoms with van der Waals surface area (Å²) in [6.07, 6.45) is 5.01. The lowest BCUT2D eigenvalue weighted by atomic mass is 10.2. The highest BCUT2D eigenvalue weighted by Crippen LogP contribution is 2.04. The van der Waals surface area contributed by atoms with Gasteiger partial charge in [-0.3, -0.25) is 0 Å². The molecule has 0 saturated heterocycles. The Morgan fingerprint density at radius 3 is 2.47 bits per heavy atom. The Balaban J connectivity index is 2.27. The molecule has 0 saturated carbocycles. The highest BCUT2D eigenvalue weighted by molar-refractivity contribution is 5.68. The molecule has 2 heteroatoms. The molecule has 0 amide bonds. The summed E-state index contributed by atoms with van der Waals surface area (Å²) in [5, 5.41) is 0. The first-order valence-corrected chi connectivity index (χ1v) is 4.67. The van der Waals surface area contributed by atoms with E-state index in [1.54, 1.807) is 18.2 Å². The molecule has 0 radical (unpaired) electrons. The van der Waals surface area contributed by atoms with Crippen molar-refractivity contribution in [2.75, 3.05) is 0 Å². The second-order valence-corrected chi connectivity index (χ2v) is 3.10. The third-order valence-corrected chi connectivity index (χ3v) is 2.02. The van der Waals surface area contributed by atoms with Gasteiger partial charge in [-0.1, -0.05) is 36.4 Å². The van der Waals surface area contributed by atoms with Gasteiger partial charge in [-0.25, -0.2) is 4.79 Å². The van der Waals surface area contributed by atoms with Crippen molar-refractivity contribution in [2.24, 2.45) is 0 Å². The van der Waals surface area contributed by atoms with Gasteiger partial charge in [0.1, 0.15) is 0 Å². The summed E-state index contributed by atoms with van der Waals surface area (Å²) in [5.41, 5.74) is 1.30. The van der Waals surface area contributed by atoms with E-state index >= 15 is 0 Å². The zero-order valence-corrected chi connectivity index (χ0v) is 8.09. The monoisotopic (exact) mass is 198 g/mol. The molecule has 2 nitrogen and oxygen atoms in total. The first-order valence-electron chi connectivity index (χ1n) is 4.67. The molecule has 0 aliphatic carbocycles. The van der Waals surface area contributed by atoms with E-state index in [1.165, 1.54) is 6.26 Å². The summed E-state index contributed by atoms with van der Waals surface area (Å²) < 4.78 is 4.74. The predicted octanol–water partition coefficient (Wildman–Crippen LogP) is 2.81. The van der Waals surface area contributed by atoms with Crippen molar-refractivity contribution in [3.63, 3.8) is 0 Å². The summed E-state index contributed by atoms with van der Waals surface area (Å²) in [4.78, 5) is 11.2. The summed E-state index contributed by atoms with van der Waals surface area (Å²) in [6, 6.07) is 13.2. The summed E-state index contributed by atoms with van der Waals surface area (Å²) >= 11 is 0. The molecule has 2 rings (SSSR count). The van der Waals surface area contributed by atoms with Crippen LogP contribution < -0.4 is 5.63 Å². The summed E-state index contributed by atoms with van der Waals surface area (Å²) in [6.45, 7) is 0. The van der Waals surface area contributed by atoms with Crippen LogP contribution in [0.4, 0.5) is 0 Å². The van der Waals surface area contributed by atoms with E-state index in [9.17, 15) is 4.79 Å². The van der Waals surface area contributed by atoms with Gasteiger partial charge in [0.25, 0.3) is 0 Å². The van der Waals surface area contributed by atoms with Crippen LogP contribution in [0, 0.1) is 0 Å².